The SMILES string of the molecule is Cc1ccc(CN[C@H](c2ccc(F)cc2)c2nnc(-c3ccccc3)o2)cc1. The van der Waals surface area contributed by atoms with Crippen molar-refractivity contribution in [3.05, 3.63) is 107 Å². The molecule has 1 heterocycles. The van der Waals surface area contributed by atoms with Crippen LogP contribution >= 0.6 is 0 Å². The Morgan fingerprint density at radius 3 is 2.32 bits per heavy atom. The van der Waals surface area contributed by atoms with Gasteiger partial charge in [0.05, 0.1) is 0 Å². The molecule has 5 heteroatoms. The highest BCUT2D eigenvalue weighted by Crippen LogP contribution is 2.25. The average molecular weight is 373 g/mol. The van der Waals surface area contributed by atoms with Crippen molar-refractivity contribution in [2.75, 3.05) is 0 Å². The number of hydrogen-bond donors (Lipinski definition) is 1. The maximum Gasteiger partial charge on any atom is 0.247 e. The zero-order valence-corrected chi connectivity index (χ0v) is 15.5. The van der Waals surface area contributed by atoms with Crippen LogP contribution in [0.1, 0.15) is 28.6 Å². The van der Waals surface area contributed by atoms with Gasteiger partial charge in [-0.05, 0) is 42.3 Å². The van der Waals surface area contributed by atoms with Crippen LogP contribution in [0.2, 0.25) is 0 Å². The van der Waals surface area contributed by atoms with Crippen molar-refractivity contribution in [2.24, 2.45) is 0 Å². The smallest absolute Gasteiger partial charge is 0.247 e. The fraction of sp³-hybridized carbons (Fsp3) is 0.130. The van der Waals surface area contributed by atoms with E-state index in [-0.39, 0.29) is 11.9 Å². The summed E-state index contributed by atoms with van der Waals surface area (Å²) in [4.78, 5) is 0. The summed E-state index contributed by atoms with van der Waals surface area (Å²) < 4.78 is 19.3. The molecule has 1 aromatic heterocycles. The molecule has 0 aliphatic carbocycles. The Hall–Kier alpha value is -3.31. The Labute approximate surface area is 163 Å². The molecule has 0 radical (unpaired) electrons. The summed E-state index contributed by atoms with van der Waals surface area (Å²) >= 11 is 0. The number of nitrogens with one attached hydrogen (secondary N) is 1. The number of benzene rings is 3. The summed E-state index contributed by atoms with van der Waals surface area (Å²) in [6, 6.07) is 23.9. The monoisotopic (exact) mass is 373 g/mol. The lowest BCUT2D eigenvalue weighted by Crippen LogP contribution is -2.22. The van der Waals surface area contributed by atoms with Gasteiger partial charge in [0.2, 0.25) is 11.8 Å². The zero-order chi connectivity index (χ0) is 19.3. The van der Waals surface area contributed by atoms with Crippen LogP contribution in [0.15, 0.2) is 83.3 Å². The Bertz CT molecular complexity index is 1030. The molecule has 4 rings (SSSR count). The predicted molar refractivity (Wildman–Crippen MR) is 106 cm³/mol. The molecule has 0 saturated carbocycles. The van der Waals surface area contributed by atoms with Crippen molar-refractivity contribution in [2.45, 2.75) is 19.5 Å². The molecule has 0 unspecified atom stereocenters. The van der Waals surface area contributed by atoms with Gasteiger partial charge >= 0.3 is 0 Å². The molecular weight excluding hydrogens is 353 g/mol. The minimum atomic E-state index is -0.341. The maximum absolute atomic E-state index is 13.4. The second kappa shape index (κ2) is 8.15. The summed E-state index contributed by atoms with van der Waals surface area (Å²) in [6.07, 6.45) is 0. The van der Waals surface area contributed by atoms with Crippen LogP contribution in [0.4, 0.5) is 4.39 Å². The number of hydrogen-bond acceptors (Lipinski definition) is 4. The lowest BCUT2D eigenvalue weighted by Gasteiger charge is -2.16. The predicted octanol–water partition coefficient (Wildman–Crippen LogP) is 5.06. The first-order valence-corrected chi connectivity index (χ1v) is 9.12. The molecule has 0 aliphatic rings. The van der Waals surface area contributed by atoms with E-state index >= 15 is 0 Å². The van der Waals surface area contributed by atoms with Crippen LogP contribution in [0.3, 0.4) is 0 Å². The lowest BCUT2D eigenvalue weighted by molar-refractivity contribution is 0.437. The van der Waals surface area contributed by atoms with Crippen LogP contribution < -0.4 is 5.32 Å². The summed E-state index contributed by atoms with van der Waals surface area (Å²) in [7, 11) is 0. The minimum Gasteiger partial charge on any atom is -0.419 e. The van der Waals surface area contributed by atoms with E-state index in [0.29, 0.717) is 18.3 Å². The molecule has 0 amide bonds. The van der Waals surface area contributed by atoms with Gasteiger partial charge in [0, 0.05) is 12.1 Å². The van der Waals surface area contributed by atoms with Crippen molar-refractivity contribution in [1.82, 2.24) is 15.5 Å². The average Bonchev–Trinajstić information content (AvgIpc) is 3.21. The fourth-order valence-electron chi connectivity index (χ4n) is 2.98. The number of halogens is 1. The third-order valence-electron chi connectivity index (χ3n) is 4.54. The van der Waals surface area contributed by atoms with E-state index in [2.05, 4.69) is 46.7 Å². The van der Waals surface area contributed by atoms with Crippen molar-refractivity contribution in [1.29, 1.82) is 0 Å². The molecule has 3 aromatic carbocycles. The molecule has 140 valence electrons. The second-order valence-electron chi connectivity index (χ2n) is 6.66. The quantitative estimate of drug-likeness (QED) is 0.513. The van der Waals surface area contributed by atoms with Gasteiger partial charge in [-0.2, -0.15) is 0 Å². The summed E-state index contributed by atoms with van der Waals surface area (Å²) in [5.41, 5.74) is 4.07. The van der Waals surface area contributed by atoms with Crippen LogP contribution in [0, 0.1) is 12.7 Å². The van der Waals surface area contributed by atoms with Gasteiger partial charge in [-0.1, -0.05) is 60.2 Å². The first-order chi connectivity index (χ1) is 13.7. The Balaban J connectivity index is 1.62. The maximum atomic E-state index is 13.4. The zero-order valence-electron chi connectivity index (χ0n) is 15.5. The number of aryl methyl sites for hydroxylation is 1. The first-order valence-electron chi connectivity index (χ1n) is 9.12. The molecule has 4 aromatic rings. The van der Waals surface area contributed by atoms with E-state index in [1.165, 1.54) is 17.7 Å². The lowest BCUT2D eigenvalue weighted by atomic mass is 10.1. The Morgan fingerprint density at radius 2 is 1.61 bits per heavy atom. The van der Waals surface area contributed by atoms with E-state index in [9.17, 15) is 4.39 Å². The van der Waals surface area contributed by atoms with E-state index < -0.39 is 0 Å². The molecule has 0 aliphatic heterocycles. The van der Waals surface area contributed by atoms with Gasteiger partial charge in [0.1, 0.15) is 11.9 Å². The molecule has 0 saturated heterocycles. The summed E-state index contributed by atoms with van der Waals surface area (Å²) in [6.45, 7) is 2.67. The highest BCUT2D eigenvalue weighted by Gasteiger charge is 2.21. The van der Waals surface area contributed by atoms with Gasteiger partial charge in [-0.25, -0.2) is 4.39 Å². The minimum absolute atomic E-state index is 0.281. The molecule has 28 heavy (non-hydrogen) atoms. The van der Waals surface area contributed by atoms with Gasteiger partial charge in [-0.15, -0.1) is 10.2 Å². The second-order valence-corrected chi connectivity index (χ2v) is 6.66. The fourth-order valence-corrected chi connectivity index (χ4v) is 2.98. The molecule has 0 spiro atoms. The molecule has 0 fully saturated rings. The number of aromatic nitrogens is 2. The molecule has 1 atom stereocenters. The summed E-state index contributed by atoms with van der Waals surface area (Å²) in [5, 5.41) is 11.9. The van der Waals surface area contributed by atoms with Crippen LogP contribution in [-0.2, 0) is 6.54 Å². The van der Waals surface area contributed by atoms with Crippen molar-refractivity contribution >= 4 is 0 Å². The van der Waals surface area contributed by atoms with Crippen molar-refractivity contribution in [3.63, 3.8) is 0 Å². The van der Waals surface area contributed by atoms with Gasteiger partial charge in [-0.3, -0.25) is 5.32 Å². The van der Waals surface area contributed by atoms with Gasteiger partial charge < -0.3 is 4.42 Å². The van der Waals surface area contributed by atoms with Crippen LogP contribution in [0.5, 0.6) is 0 Å². The van der Waals surface area contributed by atoms with Crippen molar-refractivity contribution in [3.8, 4) is 11.5 Å². The number of nitrogens with zero attached hydrogens (tertiary/aromatic N) is 2. The van der Waals surface area contributed by atoms with Gasteiger partial charge in [0.25, 0.3) is 0 Å². The highest BCUT2D eigenvalue weighted by atomic mass is 19.1. The molecular formula is C23H20FN3O. The molecule has 4 nitrogen and oxygen atoms in total. The third-order valence-corrected chi connectivity index (χ3v) is 4.54. The van der Waals surface area contributed by atoms with Crippen LogP contribution in [-0.4, -0.2) is 10.2 Å². The Kier molecular flexibility index (Phi) is 5.26. The van der Waals surface area contributed by atoms with E-state index in [1.54, 1.807) is 12.1 Å². The van der Waals surface area contributed by atoms with E-state index in [0.717, 1.165) is 16.7 Å². The van der Waals surface area contributed by atoms with Crippen molar-refractivity contribution < 1.29 is 8.81 Å². The number of rotatable bonds is 6. The first kappa shape index (κ1) is 18.1. The van der Waals surface area contributed by atoms with Crippen LogP contribution in [0.25, 0.3) is 11.5 Å². The molecule has 1 N–H and O–H groups in total. The topological polar surface area (TPSA) is 51.0 Å². The standard InChI is InChI=1S/C23H20FN3O/c1-16-7-9-17(10-8-16)15-25-21(18-11-13-20(24)14-12-18)23-27-26-22(28-23)19-5-3-2-4-6-19/h2-14,21,25H,15H2,1H3/t21-/m1/s1. The highest BCUT2D eigenvalue weighted by molar-refractivity contribution is 5.51. The molecule has 0 bridgehead atoms. The third kappa shape index (κ3) is 4.15. The van der Waals surface area contributed by atoms with E-state index in [4.69, 9.17) is 4.42 Å². The largest absolute Gasteiger partial charge is 0.419 e. The summed E-state index contributed by atoms with van der Waals surface area (Å²) in [5.74, 6) is 0.619. The Morgan fingerprint density at radius 1 is 0.893 bits per heavy atom. The normalized spacial score (nSPS) is 12.1. The van der Waals surface area contributed by atoms with Gasteiger partial charge in [0.15, 0.2) is 0 Å². The van der Waals surface area contributed by atoms with E-state index in [1.807, 2.05) is 30.3 Å².